The Bertz CT molecular complexity index is 6310. The second kappa shape index (κ2) is 51.1. The summed E-state index contributed by atoms with van der Waals surface area (Å²) in [5.74, 6) is 1.14. The zero-order chi connectivity index (χ0) is 103. The lowest BCUT2D eigenvalue weighted by atomic mass is 9.78. The molecule has 0 saturated heterocycles. The van der Waals surface area contributed by atoms with Crippen LogP contribution < -0.4 is 0 Å². The van der Waals surface area contributed by atoms with Gasteiger partial charge in [0, 0.05) is 79.7 Å². The van der Waals surface area contributed by atoms with Crippen molar-refractivity contribution in [2.24, 2.45) is 71.0 Å². The van der Waals surface area contributed by atoms with Crippen LogP contribution in [-0.2, 0) is 0 Å². The Morgan fingerprint density at radius 2 is 0.455 bits per heavy atom. The van der Waals surface area contributed by atoms with Gasteiger partial charge in [0.05, 0.1) is 11.1 Å². The van der Waals surface area contributed by atoms with Crippen molar-refractivity contribution in [1.29, 1.82) is 0 Å². The van der Waals surface area contributed by atoms with Gasteiger partial charge in [-0.05, 0) is 276 Å². The summed E-state index contributed by atoms with van der Waals surface area (Å²) in [7, 11) is 0. The molecule has 0 atom stereocenters. The number of hydrogen-bond donors (Lipinski definition) is 0. The largest absolute Gasteiger partial charge is 0.294 e. The molecular weight excluding hydrogens is 1820 g/mol. The highest BCUT2D eigenvalue weighted by molar-refractivity contribution is 6.01. The van der Waals surface area contributed by atoms with Crippen molar-refractivity contribution in [2.45, 2.75) is 275 Å². The Balaban J connectivity index is 0.000000138. The molecule has 0 aliphatic heterocycles. The SMILES string of the molecule is CC1CCC(c2ccc(-c3ccc(C4CCC(C)CC4)cc3F)c(F)c2)CC1.Cc1ccc(-c2ccc(C(=O)C3CCC(C)CC3)c(F)c2)cc1.Cc1ccc(-c2ccc(C(=O)C3CCC(C)CC3)c(F)c2F)cc1.Cc1ccc(-c2ccc(C(=O)C3CCC(C)CC3)cc2)c(F)c1.Cc1ccc(-c2ccc(C(=O)C3CCC(C)CC3)cc2)c(F)c1F.Cc1ccc(-c2ccc(C(=O)C3CCC(C)CC3)cc2F)cc1. The van der Waals surface area contributed by atoms with E-state index < -0.39 is 29.1 Å². The first kappa shape index (κ1) is 109. The third-order valence-corrected chi connectivity index (χ3v) is 32.5. The number of ketones is 5. The van der Waals surface area contributed by atoms with Crippen LogP contribution in [0.4, 0.5) is 39.5 Å². The van der Waals surface area contributed by atoms with E-state index in [-0.39, 0.29) is 110 Å². The topological polar surface area (TPSA) is 85.3 Å². The molecule has 0 amide bonds. The summed E-state index contributed by atoms with van der Waals surface area (Å²) in [4.78, 5) is 62.9. The fourth-order valence-electron chi connectivity index (χ4n) is 22.3. The zero-order valence-corrected chi connectivity index (χ0v) is 86.8. The molecule has 12 aromatic carbocycles. The van der Waals surface area contributed by atoms with Crippen LogP contribution in [0, 0.1) is 158 Å². The number of carbonyl (C=O) groups is 5. The second-order valence-corrected chi connectivity index (χ2v) is 44.0. The van der Waals surface area contributed by atoms with E-state index in [4.69, 9.17) is 0 Å². The summed E-state index contributed by atoms with van der Waals surface area (Å²) in [5, 5.41) is 0. The van der Waals surface area contributed by atoms with E-state index in [2.05, 4.69) is 48.5 Å². The van der Waals surface area contributed by atoms with Crippen LogP contribution in [0.15, 0.2) is 237 Å². The van der Waals surface area contributed by atoms with Gasteiger partial charge in [-0.3, -0.25) is 24.0 Å². The van der Waals surface area contributed by atoms with Crippen LogP contribution in [0.5, 0.6) is 0 Å². The van der Waals surface area contributed by atoms with Crippen LogP contribution in [-0.4, -0.2) is 28.9 Å². The maximum atomic E-state index is 14.9. The Labute approximate surface area is 855 Å². The molecule has 0 radical (unpaired) electrons. The normalized spacial score (nSPS) is 22.4. The van der Waals surface area contributed by atoms with E-state index in [0.29, 0.717) is 80.0 Å². The number of halogens is 9. The Hall–Kier alpha value is -11.6. The van der Waals surface area contributed by atoms with Gasteiger partial charge in [0.15, 0.2) is 52.2 Å². The molecule has 145 heavy (non-hydrogen) atoms. The van der Waals surface area contributed by atoms with Crippen molar-refractivity contribution in [3.8, 4) is 66.8 Å². The summed E-state index contributed by atoms with van der Waals surface area (Å²) >= 11 is 0. The smallest absolute Gasteiger partial charge is 0.170 e. The second-order valence-electron chi connectivity index (χ2n) is 44.0. The van der Waals surface area contributed by atoms with Gasteiger partial charge in [-0.25, -0.2) is 39.5 Å². The van der Waals surface area contributed by atoms with Crippen molar-refractivity contribution < 1.29 is 63.5 Å². The molecule has 762 valence electrons. The summed E-state index contributed by atoms with van der Waals surface area (Å²) in [6, 6.07) is 69.4. The van der Waals surface area contributed by atoms with Crippen LogP contribution >= 0.6 is 0 Å². The lowest BCUT2D eigenvalue weighted by Crippen LogP contribution is -2.22. The molecule has 0 spiro atoms. The van der Waals surface area contributed by atoms with Gasteiger partial charge >= 0.3 is 0 Å². The minimum absolute atomic E-state index is 0.00840. The minimum Gasteiger partial charge on any atom is -0.294 e. The number of hydrogen-bond acceptors (Lipinski definition) is 5. The lowest BCUT2D eigenvalue weighted by molar-refractivity contribution is 0.0863. The summed E-state index contributed by atoms with van der Waals surface area (Å²) in [6.07, 6.45) is 29.2. The highest BCUT2D eigenvalue weighted by atomic mass is 19.2. The number of rotatable bonds is 18. The van der Waals surface area contributed by atoms with Crippen molar-refractivity contribution >= 4 is 28.9 Å². The first-order chi connectivity index (χ1) is 69.6. The van der Waals surface area contributed by atoms with E-state index in [1.807, 2.05) is 137 Å². The minimum atomic E-state index is -1.02. The predicted octanol–water partition coefficient (Wildman–Crippen LogP) is 37.5. The predicted molar refractivity (Wildman–Crippen MR) is 573 cm³/mol. The van der Waals surface area contributed by atoms with Gasteiger partial charge in [-0.2, -0.15) is 0 Å². The molecule has 0 unspecified atom stereocenters. The fourth-order valence-corrected chi connectivity index (χ4v) is 22.3. The van der Waals surface area contributed by atoms with Crippen LogP contribution in [0.1, 0.15) is 331 Å². The third kappa shape index (κ3) is 28.8. The van der Waals surface area contributed by atoms with Crippen molar-refractivity contribution in [3.05, 3.63) is 356 Å². The molecule has 19 rings (SSSR count). The maximum absolute atomic E-state index is 14.9. The molecule has 7 fully saturated rings. The fraction of sp³-hybridized carbons (Fsp3) is 0.412. The van der Waals surface area contributed by atoms with Crippen LogP contribution in [0.3, 0.4) is 0 Å². The summed E-state index contributed by atoms with van der Waals surface area (Å²) < 4.78 is 130. The highest BCUT2D eigenvalue weighted by Crippen LogP contribution is 2.44. The third-order valence-electron chi connectivity index (χ3n) is 32.5. The van der Waals surface area contributed by atoms with Crippen molar-refractivity contribution in [3.63, 3.8) is 0 Å². The van der Waals surface area contributed by atoms with E-state index in [9.17, 15) is 63.5 Å². The molecule has 0 bridgehead atoms. The highest BCUT2D eigenvalue weighted by Gasteiger charge is 2.34. The molecule has 7 aliphatic carbocycles. The number of benzene rings is 12. The average Bonchev–Trinajstić information content (AvgIpc) is 0.722. The number of aryl methyl sites for hydroxylation is 5. The van der Waals surface area contributed by atoms with Gasteiger partial charge in [0.25, 0.3) is 0 Å². The Kier molecular flexibility index (Phi) is 38.5. The number of carbonyl (C=O) groups excluding carboxylic acids is 5. The van der Waals surface area contributed by atoms with Crippen molar-refractivity contribution in [2.75, 3.05) is 0 Å². The van der Waals surface area contributed by atoms with E-state index in [0.717, 1.165) is 227 Å². The molecule has 0 aromatic heterocycles. The lowest BCUT2D eigenvalue weighted by Gasteiger charge is -2.27. The van der Waals surface area contributed by atoms with E-state index in [1.165, 1.54) is 68.5 Å². The summed E-state index contributed by atoms with van der Waals surface area (Å²) in [5.41, 5.74) is 15.7. The molecule has 5 nitrogen and oxygen atoms in total. The zero-order valence-electron chi connectivity index (χ0n) is 86.8. The molecule has 12 aromatic rings. The average molecular weight is 1970 g/mol. The molecule has 14 heteroatoms. The van der Waals surface area contributed by atoms with Crippen LogP contribution in [0.2, 0.25) is 0 Å². The van der Waals surface area contributed by atoms with Gasteiger partial charge in [-0.1, -0.05) is 349 Å². The first-order valence-electron chi connectivity index (χ1n) is 53.6. The molecule has 7 aliphatic rings. The van der Waals surface area contributed by atoms with Gasteiger partial charge in [0.2, 0.25) is 0 Å². The summed E-state index contributed by atoms with van der Waals surface area (Å²) in [6.45, 7) is 25.1. The quantitative estimate of drug-likeness (QED) is 0.0631. The van der Waals surface area contributed by atoms with Crippen LogP contribution in [0.25, 0.3) is 66.8 Å². The first-order valence-corrected chi connectivity index (χ1v) is 53.6. The molecule has 7 saturated carbocycles. The Morgan fingerprint density at radius 3 is 0.814 bits per heavy atom. The van der Waals surface area contributed by atoms with Gasteiger partial charge < -0.3 is 0 Å². The van der Waals surface area contributed by atoms with Crippen molar-refractivity contribution in [1.82, 2.24) is 0 Å². The Morgan fingerprint density at radius 1 is 0.193 bits per heavy atom. The number of Topliss-reactive ketones (excluding diaryl/α,β-unsaturated/α-hetero) is 5. The van der Waals surface area contributed by atoms with Gasteiger partial charge in [0.1, 0.15) is 29.1 Å². The molecule has 0 N–H and O–H groups in total. The van der Waals surface area contributed by atoms with E-state index >= 15 is 0 Å². The standard InChI is InChI=1S/C26H32F2.2C21H22F2O.3C21H23FO/c1-17-3-7-19(8-4-17)21-11-13-23(25(27)15-21)24-14-12-22(16-26(24)28)20-9-5-18(2)6-10-20;1-13-3-7-15(8-4-13)17-11-12-18(20(23)19(17)22)21(24)16-9-5-14(2)6-10-16;1-13-3-6-16(7-4-13)21(24)17-10-8-15(9-11-17)18-12-5-14(2)19(22)20(18)23;1-14-3-7-16(8-4-14)19-12-11-18(13-20(19)22)21(23)17-9-5-15(2)6-10-17;1-14-3-7-16(8-4-14)18-11-12-19(20(22)13-18)21(23)17-9-5-15(2)6-10-17;1-14-3-6-17(7-4-14)21(23)18-10-8-16(9-11-18)19-12-5-15(2)13-20(19)22/h11-20H,3-10H2,1-2H3;3-4,7-8,11-12,14,16H,5-6,9-10H2,1-2H3;5,8-13,16H,3-4,6-7H2,1-2H3;2*3-4,7-8,11-13,15,17H,5-6,9-10H2,1-2H3;5,8-14,17H,3-4,6-7H2,1-2H3. The van der Waals surface area contributed by atoms with E-state index in [1.54, 1.807) is 97.1 Å². The maximum Gasteiger partial charge on any atom is 0.170 e. The van der Waals surface area contributed by atoms with Gasteiger partial charge in [-0.15, -0.1) is 0 Å². The monoisotopic (exact) mass is 1970 g/mol. The molecular formula is C131H145F9O5. The molecule has 0 heterocycles.